The van der Waals surface area contributed by atoms with E-state index in [0.29, 0.717) is 0 Å². The average molecular weight is 232 g/mol. The van der Waals surface area contributed by atoms with Crippen LogP contribution in [0.5, 0.6) is 0 Å². The summed E-state index contributed by atoms with van der Waals surface area (Å²) in [6, 6.07) is 8.51. The maximum absolute atomic E-state index is 11.3. The van der Waals surface area contributed by atoms with Gasteiger partial charge in [0.15, 0.2) is 0 Å². The summed E-state index contributed by atoms with van der Waals surface area (Å²) in [6.07, 6.45) is 2.65. The Labute approximate surface area is 103 Å². The highest BCUT2D eigenvalue weighted by atomic mass is 16.2. The van der Waals surface area contributed by atoms with E-state index in [1.807, 2.05) is 6.92 Å². The Kier molecular flexibility index (Phi) is 3.79. The third kappa shape index (κ3) is 3.30. The summed E-state index contributed by atoms with van der Waals surface area (Å²) in [5.74, 6) is 0.815. The Bertz CT molecular complexity index is 399. The first-order chi connectivity index (χ1) is 8.20. The molecule has 0 aromatic heterocycles. The summed E-state index contributed by atoms with van der Waals surface area (Å²) in [5.41, 5.74) is 2.70. The van der Waals surface area contributed by atoms with Gasteiger partial charge in [0, 0.05) is 13.6 Å². The van der Waals surface area contributed by atoms with Crippen LogP contribution in [0.15, 0.2) is 24.3 Å². The summed E-state index contributed by atoms with van der Waals surface area (Å²) >= 11 is 0. The van der Waals surface area contributed by atoms with E-state index in [-0.39, 0.29) is 11.9 Å². The van der Waals surface area contributed by atoms with Crippen LogP contribution in [-0.2, 0) is 11.3 Å². The van der Waals surface area contributed by atoms with Gasteiger partial charge >= 0.3 is 0 Å². The Balaban J connectivity index is 1.90. The van der Waals surface area contributed by atoms with E-state index < -0.39 is 0 Å². The Morgan fingerprint density at radius 2 is 2.24 bits per heavy atom. The van der Waals surface area contributed by atoms with Crippen molar-refractivity contribution in [1.82, 2.24) is 10.6 Å². The summed E-state index contributed by atoms with van der Waals surface area (Å²) in [7, 11) is 1.66. The van der Waals surface area contributed by atoms with Gasteiger partial charge in [0.2, 0.25) is 5.91 Å². The fraction of sp³-hybridized carbons (Fsp3) is 0.500. The van der Waals surface area contributed by atoms with Gasteiger partial charge in [-0.25, -0.2) is 0 Å². The van der Waals surface area contributed by atoms with Crippen molar-refractivity contribution in [3.8, 4) is 0 Å². The molecule has 1 aromatic carbocycles. The zero-order valence-electron chi connectivity index (χ0n) is 10.5. The van der Waals surface area contributed by atoms with Crippen molar-refractivity contribution in [3.63, 3.8) is 0 Å². The SMILES string of the molecule is CNC(=O)C(C)NCc1cccc(C2CC2)c1. The van der Waals surface area contributed by atoms with Gasteiger partial charge in [-0.3, -0.25) is 4.79 Å². The van der Waals surface area contributed by atoms with Crippen LogP contribution in [0.1, 0.15) is 36.8 Å². The highest BCUT2D eigenvalue weighted by Gasteiger charge is 2.23. The van der Waals surface area contributed by atoms with Gasteiger partial charge < -0.3 is 10.6 Å². The number of carbonyl (C=O) groups excluding carboxylic acids is 1. The zero-order chi connectivity index (χ0) is 12.3. The molecule has 0 radical (unpaired) electrons. The second kappa shape index (κ2) is 5.32. The summed E-state index contributed by atoms with van der Waals surface area (Å²) < 4.78 is 0. The molecule has 0 heterocycles. The topological polar surface area (TPSA) is 41.1 Å². The predicted molar refractivity (Wildman–Crippen MR) is 68.8 cm³/mol. The van der Waals surface area contributed by atoms with E-state index >= 15 is 0 Å². The highest BCUT2D eigenvalue weighted by molar-refractivity contribution is 5.80. The van der Waals surface area contributed by atoms with Crippen molar-refractivity contribution in [1.29, 1.82) is 0 Å². The van der Waals surface area contributed by atoms with Crippen LogP contribution >= 0.6 is 0 Å². The van der Waals surface area contributed by atoms with Crippen molar-refractivity contribution < 1.29 is 4.79 Å². The van der Waals surface area contributed by atoms with Crippen molar-refractivity contribution in [2.45, 2.75) is 38.3 Å². The quantitative estimate of drug-likeness (QED) is 0.812. The zero-order valence-corrected chi connectivity index (χ0v) is 10.5. The first-order valence-electron chi connectivity index (χ1n) is 6.24. The second-order valence-electron chi connectivity index (χ2n) is 4.74. The van der Waals surface area contributed by atoms with Crippen molar-refractivity contribution in [2.24, 2.45) is 0 Å². The lowest BCUT2D eigenvalue weighted by molar-refractivity contribution is -0.122. The number of amides is 1. The molecule has 1 saturated carbocycles. The lowest BCUT2D eigenvalue weighted by atomic mass is 10.1. The molecule has 3 nitrogen and oxygen atoms in total. The van der Waals surface area contributed by atoms with Crippen LogP contribution in [0.3, 0.4) is 0 Å². The van der Waals surface area contributed by atoms with E-state index in [0.717, 1.165) is 12.5 Å². The average Bonchev–Trinajstić information content (AvgIpc) is 3.19. The number of hydrogen-bond acceptors (Lipinski definition) is 2. The van der Waals surface area contributed by atoms with Crippen LogP contribution in [0, 0.1) is 0 Å². The molecule has 17 heavy (non-hydrogen) atoms. The van der Waals surface area contributed by atoms with E-state index in [9.17, 15) is 4.79 Å². The van der Waals surface area contributed by atoms with Gasteiger partial charge in [0.1, 0.15) is 0 Å². The maximum Gasteiger partial charge on any atom is 0.236 e. The molecule has 3 heteroatoms. The van der Waals surface area contributed by atoms with Crippen molar-refractivity contribution >= 4 is 5.91 Å². The maximum atomic E-state index is 11.3. The lowest BCUT2D eigenvalue weighted by Crippen LogP contribution is -2.40. The summed E-state index contributed by atoms with van der Waals surface area (Å²) in [5, 5.41) is 5.86. The molecule has 92 valence electrons. The third-order valence-corrected chi connectivity index (χ3v) is 3.25. The third-order valence-electron chi connectivity index (χ3n) is 3.25. The van der Waals surface area contributed by atoms with Crippen LogP contribution in [0.2, 0.25) is 0 Å². The molecule has 0 aliphatic heterocycles. The van der Waals surface area contributed by atoms with Crippen LogP contribution in [-0.4, -0.2) is 19.0 Å². The summed E-state index contributed by atoms with van der Waals surface area (Å²) in [6.45, 7) is 2.62. The normalized spacial score (nSPS) is 16.6. The monoisotopic (exact) mass is 232 g/mol. The Morgan fingerprint density at radius 1 is 1.47 bits per heavy atom. The number of benzene rings is 1. The molecular weight excluding hydrogens is 212 g/mol. The minimum absolute atomic E-state index is 0.0309. The van der Waals surface area contributed by atoms with Crippen LogP contribution in [0.4, 0.5) is 0 Å². The first-order valence-corrected chi connectivity index (χ1v) is 6.24. The van der Waals surface area contributed by atoms with Crippen LogP contribution in [0.25, 0.3) is 0 Å². The molecule has 2 rings (SSSR count). The van der Waals surface area contributed by atoms with Crippen molar-refractivity contribution in [3.05, 3.63) is 35.4 Å². The smallest absolute Gasteiger partial charge is 0.236 e. The minimum Gasteiger partial charge on any atom is -0.358 e. The molecule has 1 unspecified atom stereocenters. The molecule has 0 spiro atoms. The number of likely N-dealkylation sites (N-methyl/N-ethyl adjacent to an activating group) is 1. The number of hydrogen-bond donors (Lipinski definition) is 2. The van der Waals surface area contributed by atoms with E-state index in [2.05, 4.69) is 34.9 Å². The first kappa shape index (κ1) is 12.1. The molecule has 1 atom stereocenters. The molecular formula is C14H20N2O. The molecule has 2 N–H and O–H groups in total. The van der Waals surface area contributed by atoms with Gasteiger partial charge in [-0.1, -0.05) is 24.3 Å². The van der Waals surface area contributed by atoms with E-state index in [1.165, 1.54) is 24.0 Å². The largest absolute Gasteiger partial charge is 0.358 e. The van der Waals surface area contributed by atoms with Crippen molar-refractivity contribution in [2.75, 3.05) is 7.05 Å². The van der Waals surface area contributed by atoms with E-state index in [1.54, 1.807) is 7.05 Å². The molecule has 1 fully saturated rings. The van der Waals surface area contributed by atoms with Crippen LogP contribution < -0.4 is 10.6 Å². The molecule has 1 aromatic rings. The highest BCUT2D eigenvalue weighted by Crippen LogP contribution is 2.40. The standard InChI is InChI=1S/C14H20N2O/c1-10(14(17)15-2)16-9-11-4-3-5-13(8-11)12-6-7-12/h3-5,8,10,12,16H,6-7,9H2,1-2H3,(H,15,17). The van der Waals surface area contributed by atoms with Gasteiger partial charge in [0.05, 0.1) is 6.04 Å². The fourth-order valence-corrected chi connectivity index (χ4v) is 1.95. The lowest BCUT2D eigenvalue weighted by Gasteiger charge is -2.12. The number of nitrogens with one attached hydrogen (secondary N) is 2. The van der Waals surface area contributed by atoms with E-state index in [4.69, 9.17) is 0 Å². The minimum atomic E-state index is -0.149. The molecule has 1 aliphatic rings. The number of rotatable bonds is 5. The Hall–Kier alpha value is -1.35. The number of carbonyl (C=O) groups is 1. The molecule has 1 aliphatic carbocycles. The fourth-order valence-electron chi connectivity index (χ4n) is 1.95. The molecule has 0 bridgehead atoms. The van der Waals surface area contributed by atoms with Gasteiger partial charge in [-0.15, -0.1) is 0 Å². The van der Waals surface area contributed by atoms with Gasteiger partial charge in [0.25, 0.3) is 0 Å². The van der Waals surface area contributed by atoms with Gasteiger partial charge in [-0.2, -0.15) is 0 Å². The molecule has 1 amide bonds. The predicted octanol–water partition coefficient (Wildman–Crippen LogP) is 1.79. The molecule has 0 saturated heterocycles. The van der Waals surface area contributed by atoms with Gasteiger partial charge in [-0.05, 0) is 36.8 Å². The Morgan fingerprint density at radius 3 is 2.88 bits per heavy atom. The summed E-state index contributed by atoms with van der Waals surface area (Å²) in [4.78, 5) is 11.3. The second-order valence-corrected chi connectivity index (χ2v) is 4.74.